The van der Waals surface area contributed by atoms with Crippen LogP contribution in [0.1, 0.15) is 5.69 Å². The normalized spacial score (nSPS) is 11.9. The molecule has 0 atom stereocenters. The third-order valence-corrected chi connectivity index (χ3v) is 3.08. The SMILES string of the molecule is COc1ccc2c(C/C(N)=N/O)nsc2c1. The topological polar surface area (TPSA) is 80.7 Å². The van der Waals surface area contributed by atoms with Gasteiger partial charge in [-0.1, -0.05) is 5.16 Å². The molecule has 2 aromatic rings. The number of hydrogen-bond donors (Lipinski definition) is 2. The number of hydrogen-bond acceptors (Lipinski definition) is 5. The van der Waals surface area contributed by atoms with Crippen LogP contribution in [0.15, 0.2) is 23.4 Å². The van der Waals surface area contributed by atoms with Crippen molar-refractivity contribution in [3.8, 4) is 5.75 Å². The summed E-state index contributed by atoms with van der Waals surface area (Å²) in [6.45, 7) is 0. The minimum absolute atomic E-state index is 0.156. The van der Waals surface area contributed by atoms with Crippen LogP contribution in [0.25, 0.3) is 10.1 Å². The molecular formula is C10H11N3O2S. The van der Waals surface area contributed by atoms with Crippen molar-refractivity contribution in [3.05, 3.63) is 23.9 Å². The maximum atomic E-state index is 8.51. The maximum absolute atomic E-state index is 8.51. The van der Waals surface area contributed by atoms with Gasteiger partial charge < -0.3 is 15.7 Å². The third kappa shape index (κ3) is 1.92. The summed E-state index contributed by atoms with van der Waals surface area (Å²) in [5.74, 6) is 0.953. The lowest BCUT2D eigenvalue weighted by molar-refractivity contribution is 0.317. The van der Waals surface area contributed by atoms with Crippen LogP contribution in [0.2, 0.25) is 0 Å². The zero-order valence-electron chi connectivity index (χ0n) is 8.67. The average Bonchev–Trinajstić information content (AvgIpc) is 2.71. The van der Waals surface area contributed by atoms with Crippen LogP contribution in [-0.2, 0) is 6.42 Å². The molecule has 1 heterocycles. The molecule has 0 saturated heterocycles. The predicted octanol–water partition coefficient (Wildman–Crippen LogP) is 1.59. The van der Waals surface area contributed by atoms with Gasteiger partial charge in [0.05, 0.1) is 23.9 Å². The molecule has 5 nitrogen and oxygen atoms in total. The van der Waals surface area contributed by atoms with Gasteiger partial charge in [-0.25, -0.2) is 0 Å². The van der Waals surface area contributed by atoms with Gasteiger partial charge >= 0.3 is 0 Å². The zero-order chi connectivity index (χ0) is 11.5. The van der Waals surface area contributed by atoms with Gasteiger partial charge in [-0.3, -0.25) is 0 Å². The fraction of sp³-hybridized carbons (Fsp3) is 0.200. The van der Waals surface area contributed by atoms with Crippen molar-refractivity contribution >= 4 is 27.5 Å². The molecule has 0 radical (unpaired) electrons. The highest BCUT2D eigenvalue weighted by Gasteiger charge is 2.08. The van der Waals surface area contributed by atoms with Crippen molar-refractivity contribution in [2.75, 3.05) is 7.11 Å². The second kappa shape index (κ2) is 4.36. The van der Waals surface area contributed by atoms with E-state index in [0.29, 0.717) is 6.42 Å². The van der Waals surface area contributed by atoms with Crippen LogP contribution in [0.3, 0.4) is 0 Å². The Hall–Kier alpha value is -1.82. The van der Waals surface area contributed by atoms with Gasteiger partial charge in [-0.15, -0.1) is 0 Å². The number of aromatic nitrogens is 1. The number of fused-ring (bicyclic) bond motifs is 1. The summed E-state index contributed by atoms with van der Waals surface area (Å²) in [4.78, 5) is 0. The molecule has 0 aliphatic rings. The van der Waals surface area contributed by atoms with E-state index in [0.717, 1.165) is 21.5 Å². The summed E-state index contributed by atoms with van der Waals surface area (Å²) >= 11 is 1.37. The van der Waals surface area contributed by atoms with Gasteiger partial charge in [0.15, 0.2) is 0 Å². The van der Waals surface area contributed by atoms with Crippen LogP contribution in [0, 0.1) is 0 Å². The van der Waals surface area contributed by atoms with Gasteiger partial charge in [0.25, 0.3) is 0 Å². The smallest absolute Gasteiger partial charge is 0.145 e. The number of rotatable bonds is 3. The van der Waals surface area contributed by atoms with E-state index in [1.807, 2.05) is 18.2 Å². The van der Waals surface area contributed by atoms with Crippen LogP contribution in [0.4, 0.5) is 0 Å². The van der Waals surface area contributed by atoms with Crippen molar-refractivity contribution in [2.24, 2.45) is 10.9 Å². The predicted molar refractivity (Wildman–Crippen MR) is 63.3 cm³/mol. The molecule has 84 valence electrons. The monoisotopic (exact) mass is 237 g/mol. The van der Waals surface area contributed by atoms with Crippen LogP contribution in [-0.4, -0.2) is 22.5 Å². The minimum Gasteiger partial charge on any atom is -0.497 e. The number of nitrogens with zero attached hydrogens (tertiary/aromatic N) is 2. The first-order chi connectivity index (χ1) is 7.74. The first-order valence-corrected chi connectivity index (χ1v) is 5.40. The van der Waals surface area contributed by atoms with Crippen molar-refractivity contribution in [2.45, 2.75) is 6.42 Å². The van der Waals surface area contributed by atoms with Crippen LogP contribution >= 0.6 is 11.5 Å². The Morgan fingerprint density at radius 3 is 3.12 bits per heavy atom. The van der Waals surface area contributed by atoms with Crippen molar-refractivity contribution in [3.63, 3.8) is 0 Å². The van der Waals surface area contributed by atoms with Crippen molar-refractivity contribution < 1.29 is 9.94 Å². The van der Waals surface area contributed by atoms with E-state index >= 15 is 0 Å². The number of benzene rings is 1. The molecule has 16 heavy (non-hydrogen) atoms. The molecule has 0 fully saturated rings. The molecule has 0 saturated carbocycles. The molecule has 1 aromatic heterocycles. The van der Waals surface area contributed by atoms with Crippen molar-refractivity contribution in [1.82, 2.24) is 4.37 Å². The Morgan fingerprint density at radius 1 is 1.62 bits per heavy atom. The molecule has 1 aromatic carbocycles. The second-order valence-corrected chi connectivity index (χ2v) is 4.06. The quantitative estimate of drug-likeness (QED) is 0.367. The van der Waals surface area contributed by atoms with E-state index in [4.69, 9.17) is 15.7 Å². The number of methoxy groups -OCH3 is 1. The van der Waals surface area contributed by atoms with E-state index in [9.17, 15) is 0 Å². The minimum atomic E-state index is 0.156. The van der Waals surface area contributed by atoms with E-state index in [1.54, 1.807) is 7.11 Å². The number of oxime groups is 1. The van der Waals surface area contributed by atoms with E-state index in [1.165, 1.54) is 11.5 Å². The molecule has 0 unspecified atom stereocenters. The van der Waals surface area contributed by atoms with Gasteiger partial charge in [0.2, 0.25) is 0 Å². The van der Waals surface area contributed by atoms with Gasteiger partial charge in [0, 0.05) is 5.39 Å². The van der Waals surface area contributed by atoms with Gasteiger partial charge in [-0.2, -0.15) is 4.37 Å². The first kappa shape index (κ1) is 10.7. The highest BCUT2D eigenvalue weighted by molar-refractivity contribution is 7.13. The molecular weight excluding hydrogens is 226 g/mol. The molecule has 0 aliphatic heterocycles. The lowest BCUT2D eigenvalue weighted by atomic mass is 10.1. The number of ether oxygens (including phenoxy) is 1. The summed E-state index contributed by atoms with van der Waals surface area (Å²) in [6.07, 6.45) is 0.350. The highest BCUT2D eigenvalue weighted by atomic mass is 32.1. The summed E-state index contributed by atoms with van der Waals surface area (Å²) in [6, 6.07) is 5.72. The zero-order valence-corrected chi connectivity index (χ0v) is 9.49. The summed E-state index contributed by atoms with van der Waals surface area (Å²) in [5.41, 5.74) is 6.27. The Balaban J connectivity index is 2.41. The van der Waals surface area contributed by atoms with Crippen LogP contribution < -0.4 is 10.5 Å². The van der Waals surface area contributed by atoms with Gasteiger partial charge in [0.1, 0.15) is 11.6 Å². The average molecular weight is 237 g/mol. The summed E-state index contributed by atoms with van der Waals surface area (Å²) < 4.78 is 10.4. The Labute approximate surface area is 96.3 Å². The molecule has 6 heteroatoms. The third-order valence-electron chi connectivity index (χ3n) is 2.23. The number of amidine groups is 1. The first-order valence-electron chi connectivity index (χ1n) is 4.63. The van der Waals surface area contributed by atoms with E-state index in [2.05, 4.69) is 9.53 Å². The molecule has 0 aliphatic carbocycles. The fourth-order valence-corrected chi connectivity index (χ4v) is 2.26. The largest absolute Gasteiger partial charge is 0.497 e. The summed E-state index contributed by atoms with van der Waals surface area (Å²) in [7, 11) is 1.62. The van der Waals surface area contributed by atoms with Crippen molar-refractivity contribution in [1.29, 1.82) is 0 Å². The van der Waals surface area contributed by atoms with E-state index < -0.39 is 0 Å². The Kier molecular flexibility index (Phi) is 2.91. The highest BCUT2D eigenvalue weighted by Crippen LogP contribution is 2.27. The molecule has 0 bridgehead atoms. The summed E-state index contributed by atoms with van der Waals surface area (Å²) in [5, 5.41) is 12.5. The molecule has 0 amide bonds. The number of nitrogens with two attached hydrogens (primary N) is 1. The standard InChI is InChI=1S/C10H11N3O2S/c1-15-6-2-3-7-8(5-10(11)12-14)13-16-9(7)4-6/h2-4,14H,5H2,1H3,(H2,11,12). The van der Waals surface area contributed by atoms with Crippen LogP contribution in [0.5, 0.6) is 5.75 Å². The molecule has 3 N–H and O–H groups in total. The molecule has 0 spiro atoms. The Bertz CT molecular complexity index is 536. The molecule has 2 rings (SSSR count). The lowest BCUT2D eigenvalue weighted by Gasteiger charge is -1.99. The Morgan fingerprint density at radius 2 is 2.44 bits per heavy atom. The lowest BCUT2D eigenvalue weighted by Crippen LogP contribution is -2.14. The second-order valence-electron chi connectivity index (χ2n) is 3.26. The fourth-order valence-electron chi connectivity index (χ4n) is 1.43. The maximum Gasteiger partial charge on any atom is 0.145 e. The van der Waals surface area contributed by atoms with Gasteiger partial charge in [-0.05, 0) is 29.7 Å². The van der Waals surface area contributed by atoms with E-state index in [-0.39, 0.29) is 5.84 Å².